The highest BCUT2D eigenvalue weighted by atomic mass is 19.1. The topological polar surface area (TPSA) is 100 Å². The van der Waals surface area contributed by atoms with Crippen LogP contribution in [0.3, 0.4) is 0 Å². The largest absolute Gasteiger partial charge is 0.474 e. The number of piperidine rings is 1. The van der Waals surface area contributed by atoms with E-state index in [0.29, 0.717) is 48.0 Å². The van der Waals surface area contributed by atoms with E-state index in [4.69, 9.17) is 9.72 Å². The highest BCUT2D eigenvalue weighted by Gasteiger charge is 2.34. The van der Waals surface area contributed by atoms with Crippen LogP contribution < -0.4 is 4.74 Å². The molecular weight excluding hydrogens is 588 g/mol. The van der Waals surface area contributed by atoms with Crippen molar-refractivity contribution in [3.8, 4) is 23.1 Å². The molecule has 240 valence electrons. The number of likely N-dealkylation sites (N-methyl/N-ethyl adjacent to an activating group) is 1. The lowest BCUT2D eigenvalue weighted by atomic mass is 9.92. The number of amides is 1. The zero-order chi connectivity index (χ0) is 32.5. The number of alkyl halides is 1. The molecule has 2 aliphatic rings. The molecule has 6 rings (SSSR count). The quantitative estimate of drug-likeness (QED) is 0.216. The summed E-state index contributed by atoms with van der Waals surface area (Å²) in [5, 5.41) is 19.3. The highest BCUT2D eigenvalue weighted by Crippen LogP contribution is 2.40. The molecule has 2 aromatic heterocycles. The van der Waals surface area contributed by atoms with Crippen molar-refractivity contribution in [2.75, 3.05) is 33.4 Å². The van der Waals surface area contributed by atoms with Gasteiger partial charge in [-0.3, -0.25) is 4.79 Å². The van der Waals surface area contributed by atoms with Crippen LogP contribution in [0.5, 0.6) is 5.88 Å². The summed E-state index contributed by atoms with van der Waals surface area (Å²) in [5.74, 6) is -0.511. The second-order valence-corrected chi connectivity index (χ2v) is 12.5. The molecule has 0 unspecified atom stereocenters. The molecule has 0 bridgehead atoms. The van der Waals surface area contributed by atoms with Crippen molar-refractivity contribution in [2.24, 2.45) is 0 Å². The number of benzene rings is 2. The van der Waals surface area contributed by atoms with Crippen LogP contribution in [0, 0.1) is 37.9 Å². The monoisotopic (exact) mass is 627 g/mol. The SMILES string of the molecule is Cc1cccc(-c2c(C)cc3c(nc(OC[C@@H]4CCCN4C)c4nnn([C@H]5CCN(C(=O)/C=C/CF)[C@H](CC#N)C5)c43)c2F)c1C. The molecule has 0 aliphatic carbocycles. The molecule has 9 nitrogen and oxygen atoms in total. The molecule has 1 amide bonds. The lowest BCUT2D eigenvalue weighted by molar-refractivity contribution is -0.130. The number of carbonyl (C=O) groups is 1. The van der Waals surface area contributed by atoms with E-state index >= 15 is 4.39 Å². The fourth-order valence-corrected chi connectivity index (χ4v) is 7.06. The number of likely N-dealkylation sites (tertiary alicyclic amines) is 2. The van der Waals surface area contributed by atoms with Crippen LogP contribution in [0.25, 0.3) is 33.1 Å². The Hall–Kier alpha value is -4.43. The average molecular weight is 628 g/mol. The normalized spacial score (nSPS) is 20.6. The van der Waals surface area contributed by atoms with Crippen LogP contribution >= 0.6 is 0 Å². The van der Waals surface area contributed by atoms with Crippen molar-refractivity contribution in [3.05, 3.63) is 58.9 Å². The molecular formula is C35H39F2N7O2. The number of allylic oxidation sites excluding steroid dienone is 1. The number of ether oxygens (including phenoxy) is 1. The summed E-state index contributed by atoms with van der Waals surface area (Å²) in [6, 6.07) is 9.63. The molecule has 0 N–H and O–H groups in total. The van der Waals surface area contributed by atoms with E-state index < -0.39 is 18.5 Å². The van der Waals surface area contributed by atoms with Gasteiger partial charge >= 0.3 is 0 Å². The van der Waals surface area contributed by atoms with Crippen molar-refractivity contribution in [1.29, 1.82) is 5.26 Å². The molecule has 2 fully saturated rings. The number of fused-ring (bicyclic) bond motifs is 3. The zero-order valence-corrected chi connectivity index (χ0v) is 26.8. The van der Waals surface area contributed by atoms with Gasteiger partial charge in [0, 0.05) is 35.7 Å². The summed E-state index contributed by atoms with van der Waals surface area (Å²) >= 11 is 0. The number of pyridine rings is 1. The fraction of sp³-hybridized carbons (Fsp3) is 0.457. The molecule has 2 saturated heterocycles. The van der Waals surface area contributed by atoms with Gasteiger partial charge in [-0.25, -0.2) is 18.4 Å². The zero-order valence-electron chi connectivity index (χ0n) is 26.8. The summed E-state index contributed by atoms with van der Waals surface area (Å²) in [5.41, 5.74) is 5.41. The number of hydrogen-bond acceptors (Lipinski definition) is 7. The molecule has 3 atom stereocenters. The van der Waals surface area contributed by atoms with Gasteiger partial charge in [0.05, 0.1) is 18.5 Å². The number of aromatic nitrogens is 4. The van der Waals surface area contributed by atoms with Crippen LogP contribution in [-0.2, 0) is 4.79 Å². The van der Waals surface area contributed by atoms with Gasteiger partial charge in [-0.15, -0.1) is 5.10 Å². The Balaban J connectivity index is 1.49. The van der Waals surface area contributed by atoms with Crippen molar-refractivity contribution in [2.45, 2.75) is 71.0 Å². The number of nitriles is 1. The lowest BCUT2D eigenvalue weighted by Crippen LogP contribution is -2.46. The highest BCUT2D eigenvalue weighted by molar-refractivity contribution is 6.06. The Morgan fingerprint density at radius 1 is 1.15 bits per heavy atom. The summed E-state index contributed by atoms with van der Waals surface area (Å²) in [7, 11) is 2.07. The van der Waals surface area contributed by atoms with Crippen molar-refractivity contribution in [1.82, 2.24) is 29.8 Å². The maximum atomic E-state index is 16.8. The fourth-order valence-electron chi connectivity index (χ4n) is 7.06. The third-order valence-corrected chi connectivity index (χ3v) is 9.75. The van der Waals surface area contributed by atoms with Crippen molar-refractivity contribution in [3.63, 3.8) is 0 Å². The maximum absolute atomic E-state index is 16.8. The van der Waals surface area contributed by atoms with E-state index in [1.54, 1.807) is 9.58 Å². The molecule has 0 spiro atoms. The first-order chi connectivity index (χ1) is 22.2. The lowest BCUT2D eigenvalue weighted by Gasteiger charge is -2.38. The Kier molecular flexibility index (Phi) is 9.00. The van der Waals surface area contributed by atoms with Gasteiger partial charge < -0.3 is 14.5 Å². The summed E-state index contributed by atoms with van der Waals surface area (Å²) in [4.78, 5) is 21.4. The Morgan fingerprint density at radius 3 is 2.72 bits per heavy atom. The van der Waals surface area contributed by atoms with E-state index in [-0.39, 0.29) is 35.8 Å². The molecule has 2 aromatic carbocycles. The molecule has 46 heavy (non-hydrogen) atoms. The van der Waals surface area contributed by atoms with E-state index in [0.717, 1.165) is 41.6 Å². The van der Waals surface area contributed by atoms with Crippen LogP contribution in [0.1, 0.15) is 54.8 Å². The Labute approximate surface area is 267 Å². The van der Waals surface area contributed by atoms with Crippen LogP contribution in [-0.4, -0.2) is 81.2 Å². The predicted molar refractivity (Wildman–Crippen MR) is 173 cm³/mol. The first-order valence-corrected chi connectivity index (χ1v) is 15.9. The van der Waals surface area contributed by atoms with E-state index in [9.17, 15) is 14.4 Å². The number of aryl methyl sites for hydroxylation is 2. The molecule has 0 saturated carbocycles. The summed E-state index contributed by atoms with van der Waals surface area (Å²) in [6.07, 6.45) is 5.58. The van der Waals surface area contributed by atoms with Crippen molar-refractivity contribution >= 4 is 27.8 Å². The van der Waals surface area contributed by atoms with Crippen LogP contribution in [0.4, 0.5) is 8.78 Å². The number of nitrogens with zero attached hydrogens (tertiary/aromatic N) is 7. The smallest absolute Gasteiger partial charge is 0.246 e. The number of carbonyl (C=O) groups excluding carboxylic acids is 1. The van der Waals surface area contributed by atoms with E-state index in [1.165, 1.54) is 12.2 Å². The van der Waals surface area contributed by atoms with Gasteiger partial charge in [0.25, 0.3) is 0 Å². The average Bonchev–Trinajstić information content (AvgIpc) is 3.68. The van der Waals surface area contributed by atoms with Crippen molar-refractivity contribution < 1.29 is 18.3 Å². The third-order valence-electron chi connectivity index (χ3n) is 9.75. The first-order valence-electron chi connectivity index (χ1n) is 15.9. The van der Waals surface area contributed by atoms with Crippen LogP contribution in [0.2, 0.25) is 0 Å². The van der Waals surface area contributed by atoms with Gasteiger partial charge in [0.2, 0.25) is 11.8 Å². The first kappa shape index (κ1) is 31.5. The number of hydrogen-bond donors (Lipinski definition) is 0. The van der Waals surface area contributed by atoms with E-state index in [1.807, 2.05) is 45.0 Å². The molecule has 11 heteroatoms. The predicted octanol–water partition coefficient (Wildman–Crippen LogP) is 6.16. The Morgan fingerprint density at radius 2 is 1.98 bits per heavy atom. The number of halogens is 2. The van der Waals surface area contributed by atoms with Gasteiger partial charge in [-0.05, 0) is 94.4 Å². The van der Waals surface area contributed by atoms with Gasteiger partial charge in [0.1, 0.15) is 24.3 Å². The Bertz CT molecular complexity index is 1860. The molecule has 4 aromatic rings. The van der Waals surface area contributed by atoms with Gasteiger partial charge in [-0.2, -0.15) is 5.26 Å². The molecule has 2 aliphatic heterocycles. The molecule has 4 heterocycles. The standard InChI is InChI=1S/C35H39F2N7O2/c1-21-8-5-10-27(23(21)3)30-22(2)18-28-32(31(30)37)39-35(46-20-26-9-7-16-42(26)4)33-34(28)44(41-40-33)25-13-17-43(24(19-25)12-15-38)29(45)11-6-14-36/h5-6,8,10-11,18,24-26H,7,9,12-14,16-17,19-20H2,1-4H3/b11-6+/t24-,25+,26+/m1/s1. The minimum Gasteiger partial charge on any atom is -0.474 e. The number of rotatable bonds is 8. The second kappa shape index (κ2) is 13.1. The minimum absolute atomic E-state index is 0.122. The third kappa shape index (κ3) is 5.71. The minimum atomic E-state index is -0.736. The summed E-state index contributed by atoms with van der Waals surface area (Å²) in [6.45, 7) is 6.92. The summed E-state index contributed by atoms with van der Waals surface area (Å²) < 4.78 is 37.7. The van der Waals surface area contributed by atoms with Gasteiger partial charge in [-0.1, -0.05) is 23.4 Å². The second-order valence-electron chi connectivity index (χ2n) is 12.5. The molecule has 0 radical (unpaired) electrons. The van der Waals surface area contributed by atoms with E-state index in [2.05, 4.69) is 28.3 Å². The van der Waals surface area contributed by atoms with Crippen LogP contribution in [0.15, 0.2) is 36.4 Å². The maximum Gasteiger partial charge on any atom is 0.246 e. The van der Waals surface area contributed by atoms with Gasteiger partial charge in [0.15, 0.2) is 11.3 Å².